The number of thiazole rings is 1. The number of carbonyl (C=O) groups excluding carboxylic acids is 2. The molecule has 174 valence electrons. The van der Waals surface area contributed by atoms with Crippen LogP contribution in [0, 0.1) is 6.92 Å². The number of hydrogen-bond acceptors (Lipinski definition) is 6. The van der Waals surface area contributed by atoms with Crippen molar-refractivity contribution in [2.24, 2.45) is 0 Å². The number of aromatic nitrogens is 1. The third-order valence-electron chi connectivity index (χ3n) is 5.23. The zero-order valence-corrected chi connectivity index (χ0v) is 20.2. The fraction of sp³-hybridized carbons (Fsp3) is 0.192. The van der Waals surface area contributed by atoms with E-state index < -0.39 is 6.04 Å². The highest BCUT2D eigenvalue weighted by molar-refractivity contribution is 7.21. The van der Waals surface area contributed by atoms with Gasteiger partial charge in [0.15, 0.2) is 0 Å². The van der Waals surface area contributed by atoms with Crippen molar-refractivity contribution in [3.05, 3.63) is 66.2 Å². The van der Waals surface area contributed by atoms with Gasteiger partial charge in [-0.3, -0.25) is 9.59 Å². The highest BCUT2D eigenvalue weighted by Crippen LogP contribution is 2.32. The third-order valence-corrected chi connectivity index (χ3v) is 6.30. The van der Waals surface area contributed by atoms with Crippen LogP contribution in [-0.2, 0) is 9.59 Å². The van der Waals surface area contributed by atoms with Crippen LogP contribution in [0.3, 0.4) is 0 Å². The second-order valence-electron chi connectivity index (χ2n) is 8.02. The summed E-state index contributed by atoms with van der Waals surface area (Å²) in [4.78, 5) is 28.9. The van der Waals surface area contributed by atoms with Crippen LogP contribution in [-0.4, -0.2) is 29.9 Å². The average molecular weight is 475 g/mol. The summed E-state index contributed by atoms with van der Waals surface area (Å²) in [6, 6.07) is 18.6. The zero-order valence-electron chi connectivity index (χ0n) is 19.4. The molecule has 3 N–H and O–H groups in total. The number of fused-ring (bicyclic) bond motifs is 1. The molecular formula is C26H26N4O3S. The van der Waals surface area contributed by atoms with Gasteiger partial charge in [0.1, 0.15) is 16.8 Å². The predicted octanol–water partition coefficient (Wildman–Crippen LogP) is 5.68. The van der Waals surface area contributed by atoms with E-state index in [9.17, 15) is 9.59 Å². The lowest BCUT2D eigenvalue weighted by Gasteiger charge is -2.18. The van der Waals surface area contributed by atoms with Gasteiger partial charge in [-0.25, -0.2) is 4.98 Å². The maximum atomic E-state index is 12.8. The van der Waals surface area contributed by atoms with Crippen LogP contribution < -0.4 is 20.7 Å². The first-order chi connectivity index (χ1) is 16.3. The van der Waals surface area contributed by atoms with Crippen molar-refractivity contribution in [3.63, 3.8) is 0 Å². The molecular weight excluding hydrogens is 448 g/mol. The van der Waals surface area contributed by atoms with E-state index in [0.717, 1.165) is 20.8 Å². The molecule has 34 heavy (non-hydrogen) atoms. The molecule has 4 aromatic rings. The molecule has 1 aromatic heterocycles. The van der Waals surface area contributed by atoms with Crippen LogP contribution in [0.5, 0.6) is 5.75 Å². The summed E-state index contributed by atoms with van der Waals surface area (Å²) in [5.74, 6) is 0.200. The topological polar surface area (TPSA) is 92.4 Å². The van der Waals surface area contributed by atoms with E-state index in [0.29, 0.717) is 22.8 Å². The maximum Gasteiger partial charge on any atom is 0.246 e. The first-order valence-corrected chi connectivity index (χ1v) is 11.6. The molecule has 4 rings (SSSR count). The third kappa shape index (κ3) is 5.35. The van der Waals surface area contributed by atoms with Crippen molar-refractivity contribution < 1.29 is 14.3 Å². The molecule has 2 amide bonds. The van der Waals surface area contributed by atoms with E-state index in [1.807, 2.05) is 30.3 Å². The van der Waals surface area contributed by atoms with Crippen LogP contribution in [0.15, 0.2) is 60.7 Å². The standard InChI is InChI=1S/C26H26N4O3S/c1-15-5-11-21-24(13-15)34-26(30-21)18-6-8-19(9-7-18)29-25(32)16(2)27-22-14-20(28-17(3)31)10-12-23(22)33-4/h5-14,16,27H,1-4H3,(H,28,31)(H,29,32)/t16-/m1/s1. The van der Waals surface area contributed by atoms with Gasteiger partial charge < -0.3 is 20.7 Å². The summed E-state index contributed by atoms with van der Waals surface area (Å²) >= 11 is 1.65. The lowest BCUT2D eigenvalue weighted by molar-refractivity contribution is -0.116. The van der Waals surface area contributed by atoms with Crippen LogP contribution in [0.4, 0.5) is 17.1 Å². The largest absolute Gasteiger partial charge is 0.495 e. The summed E-state index contributed by atoms with van der Waals surface area (Å²) < 4.78 is 6.53. The van der Waals surface area contributed by atoms with Crippen molar-refractivity contribution in [2.45, 2.75) is 26.8 Å². The Balaban J connectivity index is 1.43. The molecule has 1 atom stereocenters. The summed E-state index contributed by atoms with van der Waals surface area (Å²) in [7, 11) is 1.55. The molecule has 0 fully saturated rings. The number of benzene rings is 3. The van der Waals surface area contributed by atoms with Crippen LogP contribution in [0.1, 0.15) is 19.4 Å². The van der Waals surface area contributed by atoms with Gasteiger partial charge in [-0.15, -0.1) is 11.3 Å². The Morgan fingerprint density at radius 3 is 2.41 bits per heavy atom. The summed E-state index contributed by atoms with van der Waals surface area (Å²) in [5.41, 5.74) is 5.12. The Labute approximate surface area is 202 Å². The fourth-order valence-corrected chi connectivity index (χ4v) is 4.57. The minimum Gasteiger partial charge on any atom is -0.495 e. The van der Waals surface area contributed by atoms with Gasteiger partial charge in [-0.2, -0.15) is 0 Å². The van der Waals surface area contributed by atoms with Crippen molar-refractivity contribution in [1.82, 2.24) is 4.98 Å². The Bertz CT molecular complexity index is 1350. The zero-order chi connectivity index (χ0) is 24.2. The second kappa shape index (κ2) is 9.93. The Hall–Kier alpha value is -3.91. The van der Waals surface area contributed by atoms with E-state index in [1.165, 1.54) is 12.5 Å². The molecule has 0 aliphatic carbocycles. The molecule has 3 aromatic carbocycles. The Kier molecular flexibility index (Phi) is 6.79. The minimum atomic E-state index is -0.548. The molecule has 0 saturated carbocycles. The number of carbonyl (C=O) groups is 2. The number of aryl methyl sites for hydroxylation is 1. The average Bonchev–Trinajstić information content (AvgIpc) is 3.22. The van der Waals surface area contributed by atoms with Gasteiger partial charge >= 0.3 is 0 Å². The van der Waals surface area contributed by atoms with Gasteiger partial charge in [0.05, 0.1) is 23.0 Å². The van der Waals surface area contributed by atoms with Crippen molar-refractivity contribution >= 4 is 50.4 Å². The molecule has 0 saturated heterocycles. The molecule has 7 nitrogen and oxygen atoms in total. The van der Waals surface area contributed by atoms with E-state index >= 15 is 0 Å². The quantitative estimate of drug-likeness (QED) is 0.321. The first kappa shape index (κ1) is 23.3. The number of rotatable bonds is 7. The highest BCUT2D eigenvalue weighted by atomic mass is 32.1. The molecule has 0 radical (unpaired) electrons. The molecule has 0 aliphatic rings. The summed E-state index contributed by atoms with van der Waals surface area (Å²) in [6.07, 6.45) is 0. The van der Waals surface area contributed by atoms with Crippen molar-refractivity contribution in [3.8, 4) is 16.3 Å². The van der Waals surface area contributed by atoms with Gasteiger partial charge in [0, 0.05) is 23.9 Å². The number of nitrogens with one attached hydrogen (secondary N) is 3. The monoisotopic (exact) mass is 474 g/mol. The van der Waals surface area contributed by atoms with Crippen LogP contribution in [0.2, 0.25) is 0 Å². The van der Waals surface area contributed by atoms with Crippen molar-refractivity contribution in [1.29, 1.82) is 0 Å². The fourth-order valence-electron chi connectivity index (χ4n) is 3.50. The minimum absolute atomic E-state index is 0.175. The summed E-state index contributed by atoms with van der Waals surface area (Å²) in [6.45, 7) is 5.27. The lowest BCUT2D eigenvalue weighted by atomic mass is 10.2. The van der Waals surface area contributed by atoms with Crippen molar-refractivity contribution in [2.75, 3.05) is 23.1 Å². The molecule has 8 heteroatoms. The number of hydrogen-bond donors (Lipinski definition) is 3. The van der Waals surface area contributed by atoms with Gasteiger partial charge in [-0.1, -0.05) is 6.07 Å². The smallest absolute Gasteiger partial charge is 0.246 e. The highest BCUT2D eigenvalue weighted by Gasteiger charge is 2.16. The second-order valence-corrected chi connectivity index (χ2v) is 9.05. The number of ether oxygens (including phenoxy) is 1. The van der Waals surface area contributed by atoms with E-state index in [1.54, 1.807) is 43.6 Å². The Morgan fingerprint density at radius 2 is 1.71 bits per heavy atom. The van der Waals surface area contributed by atoms with Crippen LogP contribution in [0.25, 0.3) is 20.8 Å². The molecule has 1 heterocycles. The number of amides is 2. The lowest BCUT2D eigenvalue weighted by Crippen LogP contribution is -2.32. The molecule has 0 unspecified atom stereocenters. The summed E-state index contributed by atoms with van der Waals surface area (Å²) in [5, 5.41) is 9.76. The Morgan fingerprint density at radius 1 is 0.971 bits per heavy atom. The number of methoxy groups -OCH3 is 1. The number of anilines is 3. The predicted molar refractivity (Wildman–Crippen MR) is 139 cm³/mol. The van der Waals surface area contributed by atoms with Gasteiger partial charge in [0.2, 0.25) is 11.8 Å². The van der Waals surface area contributed by atoms with Gasteiger partial charge in [-0.05, 0) is 74.0 Å². The van der Waals surface area contributed by atoms with Crippen LogP contribution >= 0.6 is 11.3 Å². The first-order valence-electron chi connectivity index (χ1n) is 10.8. The molecule has 0 aliphatic heterocycles. The SMILES string of the molecule is COc1ccc(NC(C)=O)cc1N[C@H](C)C(=O)Nc1ccc(-c2nc3ccc(C)cc3s2)cc1. The van der Waals surface area contributed by atoms with Gasteiger partial charge in [0.25, 0.3) is 0 Å². The van der Waals surface area contributed by atoms with E-state index in [4.69, 9.17) is 9.72 Å². The number of nitrogens with zero attached hydrogens (tertiary/aromatic N) is 1. The normalized spacial score (nSPS) is 11.6. The molecule has 0 spiro atoms. The maximum absolute atomic E-state index is 12.8. The van der Waals surface area contributed by atoms with E-state index in [2.05, 4.69) is 35.0 Å². The van der Waals surface area contributed by atoms with E-state index in [-0.39, 0.29) is 11.8 Å². The molecule has 0 bridgehead atoms.